The van der Waals surface area contributed by atoms with E-state index < -0.39 is 0 Å². The van der Waals surface area contributed by atoms with Crippen LogP contribution in [0.5, 0.6) is 0 Å². The minimum atomic E-state index is 0.0786. The average molecular weight is 343 g/mol. The Bertz CT molecular complexity index is 696. The summed E-state index contributed by atoms with van der Waals surface area (Å²) in [7, 11) is 0. The Morgan fingerprint density at radius 2 is 2.04 bits per heavy atom. The maximum absolute atomic E-state index is 12.1. The van der Waals surface area contributed by atoms with Crippen molar-refractivity contribution in [3.8, 4) is 5.69 Å². The number of benzene rings is 1. The molecule has 0 radical (unpaired) electrons. The predicted octanol–water partition coefficient (Wildman–Crippen LogP) is 3.76. The fourth-order valence-corrected chi connectivity index (χ4v) is 3.87. The molecule has 1 aromatic heterocycles. The van der Waals surface area contributed by atoms with Crippen molar-refractivity contribution in [2.45, 2.75) is 57.1 Å². The highest BCUT2D eigenvalue weighted by Crippen LogP contribution is 2.30. The zero-order valence-electron chi connectivity index (χ0n) is 14.4. The molecule has 0 bridgehead atoms. The van der Waals surface area contributed by atoms with Crippen LogP contribution in [0.2, 0.25) is 0 Å². The third kappa shape index (κ3) is 3.83. The van der Waals surface area contributed by atoms with E-state index in [-0.39, 0.29) is 11.9 Å². The molecule has 24 heavy (non-hydrogen) atoms. The number of nitrogens with zero attached hydrogens (tertiary/aromatic N) is 2. The van der Waals surface area contributed by atoms with Gasteiger partial charge in [-0.25, -0.2) is 4.98 Å². The Kier molecular flexibility index (Phi) is 5.61. The van der Waals surface area contributed by atoms with Crippen LogP contribution >= 0.6 is 11.8 Å². The molecular formula is C19H25N3OS. The van der Waals surface area contributed by atoms with E-state index >= 15 is 0 Å². The topological polar surface area (TPSA) is 46.9 Å². The summed E-state index contributed by atoms with van der Waals surface area (Å²) in [5.41, 5.74) is 3.66. The van der Waals surface area contributed by atoms with E-state index in [2.05, 4.69) is 41.1 Å². The number of amides is 1. The fourth-order valence-electron chi connectivity index (χ4n) is 3.00. The molecule has 128 valence electrons. The lowest BCUT2D eigenvalue weighted by Gasteiger charge is -2.15. The van der Waals surface area contributed by atoms with Crippen molar-refractivity contribution >= 4 is 17.7 Å². The van der Waals surface area contributed by atoms with Gasteiger partial charge >= 0.3 is 0 Å². The van der Waals surface area contributed by atoms with Gasteiger partial charge in [0.25, 0.3) is 0 Å². The van der Waals surface area contributed by atoms with Gasteiger partial charge in [-0.3, -0.25) is 9.36 Å². The number of imidazole rings is 1. The summed E-state index contributed by atoms with van der Waals surface area (Å²) in [5.74, 6) is 0.488. The van der Waals surface area contributed by atoms with Crippen molar-refractivity contribution in [2.24, 2.45) is 0 Å². The normalized spacial score (nSPS) is 14.9. The van der Waals surface area contributed by atoms with E-state index in [0.29, 0.717) is 5.75 Å². The number of fused-ring (bicyclic) bond motifs is 1. The van der Waals surface area contributed by atoms with E-state index in [9.17, 15) is 4.79 Å². The van der Waals surface area contributed by atoms with E-state index in [1.54, 1.807) is 0 Å². The van der Waals surface area contributed by atoms with Gasteiger partial charge in [0.05, 0.1) is 11.4 Å². The number of thioether (sulfide) groups is 1. The van der Waals surface area contributed by atoms with Crippen LogP contribution in [-0.4, -0.2) is 27.3 Å². The molecule has 0 saturated heterocycles. The Labute approximate surface area is 148 Å². The smallest absolute Gasteiger partial charge is 0.230 e. The van der Waals surface area contributed by atoms with E-state index in [1.807, 2.05) is 13.0 Å². The van der Waals surface area contributed by atoms with Crippen LogP contribution in [0.15, 0.2) is 35.5 Å². The molecule has 3 rings (SSSR count). The molecule has 5 heteroatoms. The molecule has 1 heterocycles. The van der Waals surface area contributed by atoms with Crippen LogP contribution in [0.1, 0.15) is 44.5 Å². The van der Waals surface area contributed by atoms with Gasteiger partial charge in [0, 0.05) is 17.4 Å². The summed E-state index contributed by atoms with van der Waals surface area (Å²) in [6.45, 7) is 4.11. The van der Waals surface area contributed by atoms with Crippen LogP contribution in [0, 0.1) is 0 Å². The van der Waals surface area contributed by atoms with Crippen LogP contribution in [0.4, 0.5) is 0 Å². The summed E-state index contributed by atoms with van der Waals surface area (Å²) in [6, 6.07) is 10.6. The number of nitrogens with one attached hydrogen (secondary N) is 1. The second-order valence-corrected chi connectivity index (χ2v) is 7.27. The van der Waals surface area contributed by atoms with E-state index in [0.717, 1.165) is 30.1 Å². The highest BCUT2D eigenvalue weighted by atomic mass is 32.2. The van der Waals surface area contributed by atoms with Gasteiger partial charge in [-0.05, 0) is 51.2 Å². The Balaban J connectivity index is 1.82. The van der Waals surface area contributed by atoms with Gasteiger partial charge in [-0.1, -0.05) is 36.9 Å². The summed E-state index contributed by atoms with van der Waals surface area (Å²) in [5, 5.41) is 3.96. The first kappa shape index (κ1) is 17.1. The van der Waals surface area contributed by atoms with Gasteiger partial charge < -0.3 is 5.32 Å². The zero-order valence-corrected chi connectivity index (χ0v) is 15.2. The highest BCUT2D eigenvalue weighted by Gasteiger charge is 2.21. The molecule has 0 fully saturated rings. The predicted molar refractivity (Wildman–Crippen MR) is 98.8 cm³/mol. The van der Waals surface area contributed by atoms with Crippen molar-refractivity contribution in [2.75, 3.05) is 5.75 Å². The first-order valence-electron chi connectivity index (χ1n) is 8.77. The fraction of sp³-hybridized carbons (Fsp3) is 0.474. The van der Waals surface area contributed by atoms with Gasteiger partial charge in [-0.2, -0.15) is 0 Å². The van der Waals surface area contributed by atoms with Crippen LogP contribution in [0.25, 0.3) is 5.69 Å². The average Bonchev–Trinajstić information content (AvgIpc) is 2.99. The monoisotopic (exact) mass is 343 g/mol. The third-order valence-corrected chi connectivity index (χ3v) is 5.41. The Morgan fingerprint density at radius 1 is 1.29 bits per heavy atom. The second kappa shape index (κ2) is 7.88. The maximum Gasteiger partial charge on any atom is 0.230 e. The third-order valence-electron chi connectivity index (χ3n) is 4.47. The minimum Gasteiger partial charge on any atom is -0.353 e. The molecule has 0 spiro atoms. The molecule has 4 nitrogen and oxygen atoms in total. The maximum atomic E-state index is 12.1. The molecule has 1 N–H and O–H groups in total. The summed E-state index contributed by atoms with van der Waals surface area (Å²) < 4.78 is 2.25. The van der Waals surface area contributed by atoms with E-state index in [1.165, 1.54) is 36.0 Å². The largest absolute Gasteiger partial charge is 0.353 e. The number of rotatable bonds is 6. The van der Waals surface area contributed by atoms with Crippen molar-refractivity contribution in [1.29, 1.82) is 0 Å². The number of aromatic nitrogens is 2. The molecule has 0 aliphatic heterocycles. The molecular weight excluding hydrogens is 318 g/mol. The Morgan fingerprint density at radius 3 is 2.79 bits per heavy atom. The highest BCUT2D eigenvalue weighted by molar-refractivity contribution is 7.99. The molecule has 1 aliphatic carbocycles. The SMILES string of the molecule is CCC(C)NC(=O)CSc1nc2c(n1-c1ccccc1)CCCC2. The van der Waals surface area contributed by atoms with Crippen molar-refractivity contribution in [3.63, 3.8) is 0 Å². The number of para-hydroxylation sites is 1. The van der Waals surface area contributed by atoms with Gasteiger partial charge in [0.2, 0.25) is 5.91 Å². The Hall–Kier alpha value is -1.75. The minimum absolute atomic E-state index is 0.0786. The van der Waals surface area contributed by atoms with Gasteiger partial charge in [-0.15, -0.1) is 0 Å². The lowest BCUT2D eigenvalue weighted by atomic mass is 10.0. The van der Waals surface area contributed by atoms with Gasteiger partial charge in [0.1, 0.15) is 0 Å². The van der Waals surface area contributed by atoms with Gasteiger partial charge in [0.15, 0.2) is 5.16 Å². The van der Waals surface area contributed by atoms with Crippen molar-refractivity contribution in [1.82, 2.24) is 14.9 Å². The lowest BCUT2D eigenvalue weighted by molar-refractivity contribution is -0.119. The number of carbonyl (C=O) groups is 1. The summed E-state index contributed by atoms with van der Waals surface area (Å²) in [4.78, 5) is 17.0. The van der Waals surface area contributed by atoms with Crippen molar-refractivity contribution < 1.29 is 4.79 Å². The van der Waals surface area contributed by atoms with Crippen molar-refractivity contribution in [3.05, 3.63) is 41.7 Å². The standard InChI is InChI=1S/C19H25N3OS/c1-3-14(2)20-18(23)13-24-19-21-16-11-7-8-12-17(16)22(19)15-9-5-4-6-10-15/h4-6,9-10,14H,3,7-8,11-13H2,1-2H3,(H,20,23). The van der Waals surface area contributed by atoms with E-state index in [4.69, 9.17) is 4.98 Å². The molecule has 0 saturated carbocycles. The first-order valence-corrected chi connectivity index (χ1v) is 9.75. The molecule has 1 unspecified atom stereocenters. The summed E-state index contributed by atoms with van der Waals surface area (Å²) in [6.07, 6.45) is 5.48. The number of hydrogen-bond donors (Lipinski definition) is 1. The van der Waals surface area contributed by atoms with Crippen LogP contribution in [-0.2, 0) is 17.6 Å². The lowest BCUT2D eigenvalue weighted by Crippen LogP contribution is -2.33. The van der Waals surface area contributed by atoms with Crippen LogP contribution < -0.4 is 5.32 Å². The molecule has 1 aromatic carbocycles. The molecule has 2 aromatic rings. The quantitative estimate of drug-likeness (QED) is 0.813. The second-order valence-electron chi connectivity index (χ2n) is 6.33. The first-order chi connectivity index (χ1) is 11.7. The number of aryl methyl sites for hydroxylation is 1. The van der Waals surface area contributed by atoms with Crippen LogP contribution in [0.3, 0.4) is 0 Å². The number of hydrogen-bond acceptors (Lipinski definition) is 3. The summed E-state index contributed by atoms with van der Waals surface area (Å²) >= 11 is 1.54. The molecule has 1 atom stereocenters. The molecule has 1 amide bonds. The zero-order chi connectivity index (χ0) is 16.9. The number of carbonyl (C=O) groups excluding carboxylic acids is 1. The molecule has 1 aliphatic rings.